The molecule has 144 heavy (non-hydrogen) atoms. The number of carbonyl (C=O) groups is 14. The minimum absolute atomic E-state index is 0.0407. The molecule has 0 bridgehead atoms. The Bertz CT molecular complexity index is 5380. The lowest BCUT2D eigenvalue weighted by molar-refractivity contribution is -0.160. The lowest BCUT2D eigenvalue weighted by Crippen LogP contribution is -2.39. The molecule has 2 heterocycles. The van der Waals surface area contributed by atoms with Crippen LogP contribution in [-0.2, 0) is 100 Å². The number of carbonyl (C=O) groups excluding carboxylic acids is 12. The van der Waals surface area contributed by atoms with Crippen molar-refractivity contribution in [3.63, 3.8) is 0 Å². The summed E-state index contributed by atoms with van der Waals surface area (Å²) in [6.45, 7) is 53.0. The summed E-state index contributed by atoms with van der Waals surface area (Å²) < 4.78 is 34.9. The molecule has 0 radical (unpaired) electrons. The van der Waals surface area contributed by atoms with E-state index in [0.717, 1.165) is 66.9 Å². The molecule has 0 fully saturated rings. The smallest absolute Gasteiger partial charge is 0.377 e. The molecule has 0 amide bonds. The monoisotopic (exact) mass is 2000 g/mol. The van der Waals surface area contributed by atoms with E-state index < -0.39 is 161 Å². The van der Waals surface area contributed by atoms with Gasteiger partial charge < -0.3 is 74.0 Å². The lowest BCUT2D eigenvalue weighted by Gasteiger charge is -2.36. The van der Waals surface area contributed by atoms with Gasteiger partial charge in [-0.1, -0.05) is 311 Å². The SMILES string of the molecule is C=C/C(C)=C/C=C/C(C)=C/C=C/C=C(C)/C=C/C=C(C)/C=C/C1=C(C)C(=O)C(OC(=O)CCC(=O)OC[C@H](O)[C@H]2OC(=O)C(O)=C2O)CC1(C)C.C=CC1=C(C)C(=O)C(OC(=O)CCC(=O)OC[C@H](O)[C@H]2OC(=O)C(O)=C2O)CC1(C)C.CC.CC.CC1=C(/C=C/C(C)=C/C=C/C(C)=C/C=C/C=C(C)/C=C/C=C(C)/C=C/C2=C(C)C(=O)C(OC(=O)CCC(=O)O)CC2(C)C)C(C)(C)CC(CC(=O)CCC(=O)O)C1=O. The molecular weight excluding hydrogens is 1850 g/mol. The number of hydrogen-bond donors (Lipinski definition) is 8. The zero-order valence-electron chi connectivity index (χ0n) is 88.0. The molecule has 6 aliphatic rings. The zero-order chi connectivity index (χ0) is 110. The number of Topliss-reactive ketones (excluding diaryl/α,β-unsaturated/α-hetero) is 5. The van der Waals surface area contributed by atoms with Crippen molar-refractivity contribution in [2.24, 2.45) is 27.6 Å². The highest BCUT2D eigenvalue weighted by Crippen LogP contribution is 2.46. The van der Waals surface area contributed by atoms with Crippen LogP contribution < -0.4 is 0 Å². The molecule has 0 saturated heterocycles. The molecule has 4 aliphatic carbocycles. The molecule has 2 aliphatic heterocycles. The summed E-state index contributed by atoms with van der Waals surface area (Å²) in [5, 5.41) is 75.2. The topological polar surface area (TPSA) is 465 Å². The molecule has 784 valence electrons. The second kappa shape index (κ2) is 61.2. The van der Waals surface area contributed by atoms with Crippen LogP contribution in [-0.4, -0.2) is 179 Å². The molecule has 0 aromatic rings. The van der Waals surface area contributed by atoms with Crippen molar-refractivity contribution in [1.29, 1.82) is 0 Å². The number of carboxylic acids is 2. The average molecular weight is 2000 g/mol. The largest absolute Gasteiger partial charge is 0.505 e. The number of carboxylic acid groups (broad SMARTS) is 2. The molecule has 0 saturated carbocycles. The Balaban J connectivity index is 0.000000746. The van der Waals surface area contributed by atoms with Crippen molar-refractivity contribution < 1.29 is 141 Å². The maximum Gasteiger partial charge on any atom is 0.377 e. The van der Waals surface area contributed by atoms with Crippen LogP contribution >= 0.6 is 0 Å². The summed E-state index contributed by atoms with van der Waals surface area (Å²) in [5.41, 5.74) is 12.4. The van der Waals surface area contributed by atoms with Gasteiger partial charge in [0.15, 0.2) is 65.2 Å². The molecular formula is C115H150O29. The summed E-state index contributed by atoms with van der Waals surface area (Å²) >= 11 is 0. The maximum absolute atomic E-state index is 13.2. The summed E-state index contributed by atoms with van der Waals surface area (Å²) in [5.74, 6) is -13.8. The highest BCUT2D eigenvalue weighted by Gasteiger charge is 2.46. The number of allylic oxidation sites excluding steroid dienone is 41. The number of aliphatic carboxylic acids is 2. The van der Waals surface area contributed by atoms with E-state index in [-0.39, 0.29) is 98.5 Å². The normalized spacial score (nSPS) is 21.3. The van der Waals surface area contributed by atoms with Crippen LogP contribution in [0.2, 0.25) is 0 Å². The third-order valence-corrected chi connectivity index (χ3v) is 23.6. The first-order valence-corrected chi connectivity index (χ1v) is 48.0. The highest BCUT2D eigenvalue weighted by atomic mass is 16.6. The van der Waals surface area contributed by atoms with Gasteiger partial charge in [0.05, 0.1) is 44.9 Å². The van der Waals surface area contributed by atoms with E-state index in [9.17, 15) is 97.8 Å². The number of ether oxygens (including phenoxy) is 7. The van der Waals surface area contributed by atoms with Crippen molar-refractivity contribution in [2.75, 3.05) is 13.2 Å². The number of cyclic esters (lactones) is 2. The minimum atomic E-state index is -1.63. The number of rotatable bonds is 43. The van der Waals surface area contributed by atoms with E-state index in [4.69, 9.17) is 33.9 Å². The van der Waals surface area contributed by atoms with Crippen LogP contribution in [0.25, 0.3) is 0 Å². The average Bonchev–Trinajstić information content (AvgIpc) is 1.72. The molecule has 0 spiro atoms. The van der Waals surface area contributed by atoms with Gasteiger partial charge in [-0.05, 0) is 156 Å². The first-order valence-electron chi connectivity index (χ1n) is 48.0. The Hall–Kier alpha value is -13.8. The predicted molar refractivity (Wildman–Crippen MR) is 553 cm³/mol. The quantitative estimate of drug-likeness (QED) is 0.0160. The number of aliphatic hydroxyl groups excluding tert-OH is 6. The first-order chi connectivity index (χ1) is 67.4. The van der Waals surface area contributed by atoms with Gasteiger partial charge in [-0.25, -0.2) is 9.59 Å². The Morgan fingerprint density at radius 2 is 0.618 bits per heavy atom. The van der Waals surface area contributed by atoms with E-state index in [1.165, 1.54) is 0 Å². The van der Waals surface area contributed by atoms with Gasteiger partial charge in [0.25, 0.3) is 0 Å². The summed E-state index contributed by atoms with van der Waals surface area (Å²) in [4.78, 5) is 169. The van der Waals surface area contributed by atoms with E-state index >= 15 is 0 Å². The fourth-order valence-electron chi connectivity index (χ4n) is 15.7. The Morgan fingerprint density at radius 3 is 0.910 bits per heavy atom. The molecule has 0 aromatic carbocycles. The van der Waals surface area contributed by atoms with Gasteiger partial charge in [0.1, 0.15) is 31.2 Å². The Labute approximate surface area is 848 Å². The van der Waals surface area contributed by atoms with Gasteiger partial charge in [-0.15, -0.1) is 0 Å². The predicted octanol–water partition coefficient (Wildman–Crippen LogP) is 21.1. The molecule has 6 rings (SSSR count). The number of aliphatic hydroxyl groups is 6. The fourth-order valence-corrected chi connectivity index (χ4v) is 15.7. The summed E-state index contributed by atoms with van der Waals surface area (Å²) in [6, 6.07) is 0. The maximum atomic E-state index is 13.2. The van der Waals surface area contributed by atoms with Gasteiger partial charge in [-0.3, -0.25) is 57.5 Å². The molecule has 8 atom stereocenters. The molecule has 8 N–H and O–H groups in total. The zero-order valence-corrected chi connectivity index (χ0v) is 88.0. The third kappa shape index (κ3) is 42.4. The number of esters is 7. The van der Waals surface area contributed by atoms with E-state index in [0.29, 0.717) is 35.1 Å². The molecule has 0 aromatic heterocycles. The van der Waals surface area contributed by atoms with Crippen LogP contribution in [0, 0.1) is 27.6 Å². The van der Waals surface area contributed by atoms with Crippen LogP contribution in [0.3, 0.4) is 0 Å². The number of hydrogen-bond acceptors (Lipinski definition) is 27. The Morgan fingerprint density at radius 1 is 0.361 bits per heavy atom. The van der Waals surface area contributed by atoms with Crippen molar-refractivity contribution in [2.45, 2.75) is 292 Å². The van der Waals surface area contributed by atoms with Crippen molar-refractivity contribution in [3.8, 4) is 0 Å². The highest BCUT2D eigenvalue weighted by molar-refractivity contribution is 6.04. The Kier molecular flexibility index (Phi) is 53.7. The van der Waals surface area contributed by atoms with Gasteiger partial charge >= 0.3 is 53.7 Å². The fraction of sp³-hybridized carbons (Fsp3) is 0.443. The van der Waals surface area contributed by atoms with Crippen LogP contribution in [0.1, 0.15) is 250 Å². The van der Waals surface area contributed by atoms with Gasteiger partial charge in [0.2, 0.25) is 11.5 Å². The van der Waals surface area contributed by atoms with E-state index in [1.54, 1.807) is 26.8 Å². The van der Waals surface area contributed by atoms with Crippen molar-refractivity contribution in [1.82, 2.24) is 0 Å². The number of ketones is 5. The van der Waals surface area contributed by atoms with E-state index in [1.807, 2.05) is 296 Å². The minimum Gasteiger partial charge on any atom is -0.505 e. The van der Waals surface area contributed by atoms with Crippen molar-refractivity contribution in [3.05, 3.63) is 295 Å². The lowest BCUT2D eigenvalue weighted by atomic mass is 9.66. The second-order valence-corrected chi connectivity index (χ2v) is 37.6. The van der Waals surface area contributed by atoms with Gasteiger partial charge in [-0.2, -0.15) is 0 Å². The van der Waals surface area contributed by atoms with Gasteiger partial charge in [0, 0.05) is 38.0 Å². The van der Waals surface area contributed by atoms with Crippen LogP contribution in [0.15, 0.2) is 295 Å². The molecule has 29 nitrogen and oxygen atoms in total. The second-order valence-electron chi connectivity index (χ2n) is 37.6. The summed E-state index contributed by atoms with van der Waals surface area (Å²) in [7, 11) is 0. The summed E-state index contributed by atoms with van der Waals surface area (Å²) in [6.07, 6.45) is 45.0. The van der Waals surface area contributed by atoms with Crippen LogP contribution in [0.4, 0.5) is 0 Å². The van der Waals surface area contributed by atoms with Crippen LogP contribution in [0.5, 0.6) is 0 Å². The standard InChI is InChI=1S/C49H62O9.C41H50O10.C21H26O10.2C2H6/c1-32(17-13-19-34(3)21-24-40-36(5)46(56)38(30-48(40,7)8)29-39(50)23-26-43(51)52)15-11-12-16-33(2)18-14-20-35(4)22-25-41-37(6)47(57)42(31-49(41,9)10)58-45(55)28-27-44(53)54;1-9-26(2)16-12-17-27(3)14-10-11-15-28(4)18-13-19-29(5)20-21-31-30(6)36(45)33(24-41(31,7)8)50-35(44)23-22-34(43)49-25-32(42)39-37(46)38(47)40(48)51-39;1-5-11-10(2)16(25)13(8-21(11,3)4)30-15(24)7-6-14(23)29-9-12(22)19-17(26)18(27)20(28)31-19;2*1-2/h11-22,24-25,38,42H,23,26-31H2,1-10H3,(H,51,52)(H,53,54);9-21,32-33,39,42,46-47H,1,22-25H2,2-8H3;5,12-13,19,22,26-27H,1,6-9H2,2-4H3;2*1-2H3/b12-11+,17-13+,18-14+,24-21+,25-22+,32-15+,33-16+,34-19+,35-20+;11-10+,17-12+,18-13+,21-20+,26-16+,27-14+,28-15+,29-19+;;;/t;32-,33?,39+;12-,13?,19+;;/m.00../s1. The van der Waals surface area contributed by atoms with Crippen molar-refractivity contribution >= 4 is 82.6 Å². The van der Waals surface area contributed by atoms with E-state index in [2.05, 4.69) is 36.5 Å². The third-order valence-electron chi connectivity index (χ3n) is 23.6. The first kappa shape index (κ1) is 126. The molecule has 4 unspecified atom stereocenters. The molecule has 29 heteroatoms.